The van der Waals surface area contributed by atoms with E-state index < -0.39 is 6.04 Å². The Morgan fingerprint density at radius 2 is 2.21 bits per heavy atom. The average molecular weight is 268 g/mol. The van der Waals surface area contributed by atoms with Gasteiger partial charge in [-0.15, -0.1) is 0 Å². The van der Waals surface area contributed by atoms with Gasteiger partial charge in [-0.1, -0.05) is 6.07 Å². The first-order valence-electron chi connectivity index (χ1n) is 6.34. The summed E-state index contributed by atoms with van der Waals surface area (Å²) in [6.07, 6.45) is 0.772. The summed E-state index contributed by atoms with van der Waals surface area (Å²) in [6.45, 7) is 4.61. The van der Waals surface area contributed by atoms with E-state index in [1.165, 1.54) is 6.07 Å². The fraction of sp³-hybridized carbons (Fsp3) is 0.500. The van der Waals surface area contributed by atoms with Crippen LogP contribution in [-0.2, 0) is 9.53 Å². The van der Waals surface area contributed by atoms with Crippen molar-refractivity contribution in [3.63, 3.8) is 0 Å². The summed E-state index contributed by atoms with van der Waals surface area (Å²) in [5, 5.41) is 5.80. The molecular weight excluding hydrogens is 247 g/mol. The van der Waals surface area contributed by atoms with Crippen LogP contribution < -0.4 is 10.6 Å². The van der Waals surface area contributed by atoms with Crippen molar-refractivity contribution in [2.75, 3.05) is 25.6 Å². The number of carbonyl (C=O) groups excluding carboxylic acids is 1. The lowest BCUT2D eigenvalue weighted by Gasteiger charge is -2.17. The summed E-state index contributed by atoms with van der Waals surface area (Å²) in [7, 11) is 1.62. The Morgan fingerprint density at radius 1 is 1.47 bits per heavy atom. The van der Waals surface area contributed by atoms with E-state index in [1.54, 1.807) is 33.1 Å². The third-order valence-electron chi connectivity index (χ3n) is 2.86. The lowest BCUT2D eigenvalue weighted by Crippen LogP contribution is -2.38. The van der Waals surface area contributed by atoms with Crippen LogP contribution in [0, 0.1) is 12.7 Å². The number of methoxy groups -OCH3 is 1. The molecule has 0 spiro atoms. The minimum Gasteiger partial charge on any atom is -0.385 e. The first kappa shape index (κ1) is 15.4. The number of nitrogens with one attached hydrogen (secondary N) is 2. The van der Waals surface area contributed by atoms with Crippen LogP contribution in [0.25, 0.3) is 0 Å². The van der Waals surface area contributed by atoms with E-state index in [1.807, 2.05) is 0 Å². The van der Waals surface area contributed by atoms with Crippen LogP contribution in [0.4, 0.5) is 10.1 Å². The molecule has 1 atom stereocenters. The summed E-state index contributed by atoms with van der Waals surface area (Å²) in [4.78, 5) is 11.8. The minimum atomic E-state index is -0.414. The molecule has 0 bridgehead atoms. The highest BCUT2D eigenvalue weighted by Crippen LogP contribution is 2.18. The van der Waals surface area contributed by atoms with Gasteiger partial charge in [0, 0.05) is 31.5 Å². The SMILES string of the molecule is COCCCNC(=O)C(C)Nc1cccc(F)c1C. The summed E-state index contributed by atoms with van der Waals surface area (Å²) in [6, 6.07) is 4.36. The van der Waals surface area contributed by atoms with Crippen LogP contribution >= 0.6 is 0 Å². The van der Waals surface area contributed by atoms with Crippen LogP contribution in [0.5, 0.6) is 0 Å². The van der Waals surface area contributed by atoms with E-state index in [0.717, 1.165) is 6.42 Å². The molecule has 1 amide bonds. The topological polar surface area (TPSA) is 50.4 Å². The van der Waals surface area contributed by atoms with Crippen molar-refractivity contribution in [2.45, 2.75) is 26.3 Å². The molecule has 1 aromatic rings. The molecule has 0 aliphatic rings. The normalized spacial score (nSPS) is 12.0. The van der Waals surface area contributed by atoms with Crippen molar-refractivity contribution in [2.24, 2.45) is 0 Å². The van der Waals surface area contributed by atoms with Gasteiger partial charge in [0.1, 0.15) is 11.9 Å². The molecule has 0 saturated heterocycles. The number of amides is 1. The molecule has 0 saturated carbocycles. The van der Waals surface area contributed by atoms with Gasteiger partial charge in [-0.3, -0.25) is 4.79 Å². The maximum absolute atomic E-state index is 13.4. The van der Waals surface area contributed by atoms with Gasteiger partial charge < -0.3 is 15.4 Å². The number of rotatable bonds is 7. The monoisotopic (exact) mass is 268 g/mol. The van der Waals surface area contributed by atoms with Crippen LogP contribution in [-0.4, -0.2) is 32.2 Å². The lowest BCUT2D eigenvalue weighted by atomic mass is 10.1. The molecule has 0 aromatic heterocycles. The Kier molecular flexibility index (Phi) is 6.29. The second-order valence-corrected chi connectivity index (χ2v) is 4.42. The number of hydrogen-bond acceptors (Lipinski definition) is 3. The Bertz CT molecular complexity index is 424. The van der Waals surface area contributed by atoms with Crippen molar-refractivity contribution < 1.29 is 13.9 Å². The van der Waals surface area contributed by atoms with Crippen molar-refractivity contribution in [1.82, 2.24) is 5.32 Å². The van der Waals surface area contributed by atoms with E-state index in [9.17, 15) is 9.18 Å². The van der Waals surface area contributed by atoms with Crippen LogP contribution in [0.15, 0.2) is 18.2 Å². The predicted octanol–water partition coefficient (Wildman–Crippen LogP) is 2.09. The van der Waals surface area contributed by atoms with Crippen molar-refractivity contribution in [3.05, 3.63) is 29.6 Å². The Morgan fingerprint density at radius 3 is 2.89 bits per heavy atom. The van der Waals surface area contributed by atoms with E-state index >= 15 is 0 Å². The third kappa shape index (κ3) is 4.87. The molecule has 0 heterocycles. The largest absolute Gasteiger partial charge is 0.385 e. The molecule has 1 aromatic carbocycles. The molecule has 1 unspecified atom stereocenters. The molecular formula is C14H21FN2O2. The quantitative estimate of drug-likeness (QED) is 0.744. The molecule has 1 rings (SSSR count). The summed E-state index contributed by atoms with van der Waals surface area (Å²) >= 11 is 0. The number of ether oxygens (including phenoxy) is 1. The molecule has 19 heavy (non-hydrogen) atoms. The molecule has 2 N–H and O–H groups in total. The zero-order chi connectivity index (χ0) is 14.3. The van der Waals surface area contributed by atoms with Gasteiger partial charge in [-0.05, 0) is 32.4 Å². The zero-order valence-corrected chi connectivity index (χ0v) is 11.6. The highest BCUT2D eigenvalue weighted by atomic mass is 19.1. The van der Waals surface area contributed by atoms with Gasteiger partial charge in [0.25, 0.3) is 0 Å². The van der Waals surface area contributed by atoms with Gasteiger partial charge in [-0.25, -0.2) is 4.39 Å². The maximum Gasteiger partial charge on any atom is 0.242 e. The molecule has 0 radical (unpaired) electrons. The fourth-order valence-electron chi connectivity index (χ4n) is 1.64. The van der Waals surface area contributed by atoms with E-state index in [-0.39, 0.29) is 11.7 Å². The Labute approximate surface area is 113 Å². The Hall–Kier alpha value is -1.62. The smallest absolute Gasteiger partial charge is 0.242 e. The van der Waals surface area contributed by atoms with Crippen LogP contribution in [0.1, 0.15) is 18.9 Å². The minimum absolute atomic E-state index is 0.111. The van der Waals surface area contributed by atoms with Gasteiger partial charge in [0.05, 0.1) is 0 Å². The summed E-state index contributed by atoms with van der Waals surface area (Å²) in [5.41, 5.74) is 1.15. The number of halogens is 1. The predicted molar refractivity (Wildman–Crippen MR) is 73.7 cm³/mol. The van der Waals surface area contributed by atoms with E-state index in [0.29, 0.717) is 24.4 Å². The first-order chi connectivity index (χ1) is 9.06. The maximum atomic E-state index is 13.4. The molecule has 4 nitrogen and oxygen atoms in total. The highest BCUT2D eigenvalue weighted by molar-refractivity contribution is 5.84. The zero-order valence-electron chi connectivity index (χ0n) is 11.6. The Balaban J connectivity index is 2.47. The second kappa shape index (κ2) is 7.74. The van der Waals surface area contributed by atoms with Gasteiger partial charge in [0.15, 0.2) is 0 Å². The molecule has 5 heteroatoms. The standard InChI is InChI=1S/C14H21FN2O2/c1-10-12(15)6-4-7-13(10)17-11(2)14(18)16-8-5-9-19-3/h4,6-7,11,17H,5,8-9H2,1-3H3,(H,16,18). The molecule has 0 fully saturated rings. The second-order valence-electron chi connectivity index (χ2n) is 4.42. The van der Waals surface area contributed by atoms with Gasteiger partial charge in [-0.2, -0.15) is 0 Å². The number of carbonyl (C=O) groups is 1. The van der Waals surface area contributed by atoms with Crippen molar-refractivity contribution in [3.8, 4) is 0 Å². The first-order valence-corrected chi connectivity index (χ1v) is 6.34. The lowest BCUT2D eigenvalue weighted by molar-refractivity contribution is -0.121. The third-order valence-corrected chi connectivity index (χ3v) is 2.86. The molecule has 0 aliphatic carbocycles. The van der Waals surface area contributed by atoms with E-state index in [2.05, 4.69) is 10.6 Å². The number of benzene rings is 1. The number of anilines is 1. The van der Waals surface area contributed by atoms with E-state index in [4.69, 9.17) is 4.74 Å². The van der Waals surface area contributed by atoms with Crippen LogP contribution in [0.3, 0.4) is 0 Å². The van der Waals surface area contributed by atoms with Crippen molar-refractivity contribution in [1.29, 1.82) is 0 Å². The molecule has 106 valence electrons. The molecule has 0 aliphatic heterocycles. The average Bonchev–Trinajstić information content (AvgIpc) is 2.39. The summed E-state index contributed by atoms with van der Waals surface area (Å²) in [5.74, 6) is -0.391. The van der Waals surface area contributed by atoms with Crippen LogP contribution in [0.2, 0.25) is 0 Å². The van der Waals surface area contributed by atoms with Gasteiger partial charge >= 0.3 is 0 Å². The number of hydrogen-bond donors (Lipinski definition) is 2. The highest BCUT2D eigenvalue weighted by Gasteiger charge is 2.13. The van der Waals surface area contributed by atoms with Crippen molar-refractivity contribution >= 4 is 11.6 Å². The summed E-state index contributed by atoms with van der Waals surface area (Å²) < 4.78 is 18.3. The fourth-order valence-corrected chi connectivity index (χ4v) is 1.64. The van der Waals surface area contributed by atoms with Gasteiger partial charge in [0.2, 0.25) is 5.91 Å².